The highest BCUT2D eigenvalue weighted by Gasteiger charge is 2.13. The van der Waals surface area contributed by atoms with Gasteiger partial charge in [-0.25, -0.2) is 4.98 Å². The van der Waals surface area contributed by atoms with E-state index in [-0.39, 0.29) is 5.91 Å². The van der Waals surface area contributed by atoms with Crippen LogP contribution in [0.5, 0.6) is 0 Å². The first-order valence-corrected chi connectivity index (χ1v) is 8.95. The molecule has 2 heterocycles. The van der Waals surface area contributed by atoms with Gasteiger partial charge in [-0.1, -0.05) is 30.3 Å². The van der Waals surface area contributed by atoms with Crippen molar-refractivity contribution in [2.45, 2.75) is 20.8 Å². The summed E-state index contributed by atoms with van der Waals surface area (Å²) in [6.07, 6.45) is 3.97. The molecule has 2 aromatic heterocycles. The molecule has 0 radical (unpaired) electrons. The number of carbonyl (C=O) groups excluding carboxylic acids is 1. The Labute approximate surface area is 158 Å². The van der Waals surface area contributed by atoms with Crippen molar-refractivity contribution in [2.75, 3.05) is 5.32 Å². The second-order valence-electron chi connectivity index (χ2n) is 6.85. The Kier molecular flexibility index (Phi) is 4.24. The van der Waals surface area contributed by atoms with Crippen molar-refractivity contribution >= 4 is 17.2 Å². The summed E-state index contributed by atoms with van der Waals surface area (Å²) in [6.45, 7) is 6.09. The molecule has 27 heavy (non-hydrogen) atoms. The number of anilines is 1. The van der Waals surface area contributed by atoms with Gasteiger partial charge in [-0.2, -0.15) is 0 Å². The number of aromatic nitrogens is 2. The molecule has 4 rings (SSSR count). The van der Waals surface area contributed by atoms with E-state index in [1.807, 2.05) is 92.2 Å². The molecule has 0 saturated carbocycles. The molecule has 1 N–H and O–H groups in total. The van der Waals surface area contributed by atoms with E-state index in [9.17, 15) is 4.79 Å². The Balaban J connectivity index is 1.71. The number of hydrogen-bond acceptors (Lipinski definition) is 2. The summed E-state index contributed by atoms with van der Waals surface area (Å²) >= 11 is 0. The quantitative estimate of drug-likeness (QED) is 0.550. The normalized spacial score (nSPS) is 10.9. The number of amides is 1. The van der Waals surface area contributed by atoms with Crippen LogP contribution in [0.4, 0.5) is 5.69 Å². The molecular formula is C23H21N3O. The summed E-state index contributed by atoms with van der Waals surface area (Å²) in [5.41, 5.74) is 7.44. The molecule has 0 spiro atoms. The van der Waals surface area contributed by atoms with Crippen LogP contribution in [0.3, 0.4) is 0 Å². The number of nitrogens with one attached hydrogen (secondary N) is 1. The Morgan fingerprint density at radius 3 is 2.52 bits per heavy atom. The minimum atomic E-state index is -0.120. The van der Waals surface area contributed by atoms with Gasteiger partial charge in [0, 0.05) is 23.5 Å². The van der Waals surface area contributed by atoms with Crippen LogP contribution in [0.1, 0.15) is 27.0 Å². The highest BCUT2D eigenvalue weighted by molar-refractivity contribution is 6.06. The molecule has 0 atom stereocenters. The van der Waals surface area contributed by atoms with Crippen molar-refractivity contribution in [2.24, 2.45) is 0 Å². The molecule has 0 saturated heterocycles. The predicted octanol–water partition coefficient (Wildman–Crippen LogP) is 5.18. The van der Waals surface area contributed by atoms with E-state index in [1.165, 1.54) is 5.56 Å². The van der Waals surface area contributed by atoms with Gasteiger partial charge in [0.1, 0.15) is 5.65 Å². The second-order valence-corrected chi connectivity index (χ2v) is 6.85. The molecule has 0 fully saturated rings. The third kappa shape index (κ3) is 3.22. The molecule has 1 amide bonds. The van der Waals surface area contributed by atoms with Crippen LogP contribution in [0.25, 0.3) is 16.9 Å². The Bertz CT molecular complexity index is 1160. The smallest absolute Gasteiger partial charge is 0.255 e. The maximum atomic E-state index is 12.8. The van der Waals surface area contributed by atoms with Crippen molar-refractivity contribution in [3.8, 4) is 11.3 Å². The van der Waals surface area contributed by atoms with Crippen LogP contribution < -0.4 is 5.32 Å². The SMILES string of the molecule is Cc1ccc(C(=O)Nc2ccccc2-c2cn3cccc(C)c3n2)cc1C. The summed E-state index contributed by atoms with van der Waals surface area (Å²) < 4.78 is 2.01. The van der Waals surface area contributed by atoms with Crippen molar-refractivity contribution in [3.63, 3.8) is 0 Å². The van der Waals surface area contributed by atoms with Crippen LogP contribution in [0.15, 0.2) is 67.0 Å². The summed E-state index contributed by atoms with van der Waals surface area (Å²) in [5, 5.41) is 3.04. The number of para-hydroxylation sites is 1. The molecule has 4 aromatic rings. The fraction of sp³-hybridized carbons (Fsp3) is 0.130. The zero-order valence-electron chi connectivity index (χ0n) is 15.7. The number of imidazole rings is 1. The first-order chi connectivity index (χ1) is 13.0. The second kappa shape index (κ2) is 6.72. The van der Waals surface area contributed by atoms with Gasteiger partial charge in [0.05, 0.1) is 11.4 Å². The zero-order valence-corrected chi connectivity index (χ0v) is 15.7. The number of aryl methyl sites for hydroxylation is 3. The summed E-state index contributed by atoms with van der Waals surface area (Å²) in [5.74, 6) is -0.120. The lowest BCUT2D eigenvalue weighted by molar-refractivity contribution is 0.102. The van der Waals surface area contributed by atoms with Gasteiger partial charge in [0.2, 0.25) is 0 Å². The Morgan fingerprint density at radius 2 is 1.74 bits per heavy atom. The average Bonchev–Trinajstić information content (AvgIpc) is 3.10. The maximum Gasteiger partial charge on any atom is 0.255 e. The number of rotatable bonds is 3. The lowest BCUT2D eigenvalue weighted by Crippen LogP contribution is -2.13. The maximum absolute atomic E-state index is 12.8. The standard InChI is InChI=1S/C23H21N3O/c1-15-10-11-18(13-17(15)3)23(27)25-20-9-5-4-8-19(20)21-14-26-12-6-7-16(2)22(26)24-21/h4-14H,1-3H3,(H,25,27). The van der Waals surface area contributed by atoms with Crippen LogP contribution in [0.2, 0.25) is 0 Å². The van der Waals surface area contributed by atoms with Crippen molar-refractivity contribution in [1.29, 1.82) is 0 Å². The van der Waals surface area contributed by atoms with Gasteiger partial charge in [-0.15, -0.1) is 0 Å². The van der Waals surface area contributed by atoms with Gasteiger partial charge in [-0.3, -0.25) is 4.79 Å². The largest absolute Gasteiger partial charge is 0.321 e. The van der Waals surface area contributed by atoms with Gasteiger partial charge in [0.25, 0.3) is 5.91 Å². The van der Waals surface area contributed by atoms with Gasteiger partial charge < -0.3 is 9.72 Å². The van der Waals surface area contributed by atoms with Crippen LogP contribution in [0, 0.1) is 20.8 Å². The number of pyridine rings is 1. The van der Waals surface area contributed by atoms with Crippen molar-refractivity contribution in [3.05, 3.63) is 89.2 Å². The molecule has 4 heteroatoms. The minimum absolute atomic E-state index is 0.120. The number of nitrogens with zero attached hydrogens (tertiary/aromatic N) is 2. The summed E-state index contributed by atoms with van der Waals surface area (Å²) in [6, 6.07) is 17.6. The van der Waals surface area contributed by atoms with E-state index < -0.39 is 0 Å². The molecular weight excluding hydrogens is 334 g/mol. The monoisotopic (exact) mass is 355 g/mol. The Hall–Kier alpha value is -3.40. The van der Waals surface area contributed by atoms with E-state index in [0.29, 0.717) is 5.56 Å². The molecule has 0 bridgehead atoms. The fourth-order valence-electron chi connectivity index (χ4n) is 3.18. The number of benzene rings is 2. The highest BCUT2D eigenvalue weighted by Crippen LogP contribution is 2.28. The molecule has 0 aliphatic rings. The summed E-state index contributed by atoms with van der Waals surface area (Å²) in [7, 11) is 0. The van der Waals surface area contributed by atoms with Gasteiger partial charge in [0.15, 0.2) is 0 Å². The van der Waals surface area contributed by atoms with Crippen molar-refractivity contribution < 1.29 is 4.79 Å². The summed E-state index contributed by atoms with van der Waals surface area (Å²) in [4.78, 5) is 17.5. The first kappa shape index (κ1) is 17.0. The van der Waals surface area contributed by atoms with Crippen molar-refractivity contribution in [1.82, 2.24) is 9.38 Å². The Morgan fingerprint density at radius 1 is 0.926 bits per heavy atom. The number of fused-ring (bicyclic) bond motifs is 1. The molecule has 0 aliphatic heterocycles. The molecule has 0 unspecified atom stereocenters. The number of hydrogen-bond donors (Lipinski definition) is 1. The van der Waals surface area contributed by atoms with Crippen LogP contribution in [-0.2, 0) is 0 Å². The van der Waals surface area contributed by atoms with E-state index in [0.717, 1.165) is 33.7 Å². The van der Waals surface area contributed by atoms with E-state index >= 15 is 0 Å². The van der Waals surface area contributed by atoms with Crippen LogP contribution >= 0.6 is 0 Å². The van der Waals surface area contributed by atoms with Gasteiger partial charge >= 0.3 is 0 Å². The van der Waals surface area contributed by atoms with E-state index in [4.69, 9.17) is 4.98 Å². The zero-order chi connectivity index (χ0) is 19.0. The van der Waals surface area contributed by atoms with Gasteiger partial charge in [-0.05, 0) is 61.7 Å². The molecule has 4 nitrogen and oxygen atoms in total. The molecule has 134 valence electrons. The third-order valence-corrected chi connectivity index (χ3v) is 4.90. The van der Waals surface area contributed by atoms with E-state index in [2.05, 4.69) is 5.32 Å². The molecule has 2 aromatic carbocycles. The number of carbonyl (C=O) groups is 1. The lowest BCUT2D eigenvalue weighted by Gasteiger charge is -2.10. The highest BCUT2D eigenvalue weighted by atomic mass is 16.1. The van der Waals surface area contributed by atoms with E-state index in [1.54, 1.807) is 0 Å². The average molecular weight is 355 g/mol. The predicted molar refractivity (Wildman–Crippen MR) is 109 cm³/mol. The minimum Gasteiger partial charge on any atom is -0.321 e. The first-order valence-electron chi connectivity index (χ1n) is 8.95. The third-order valence-electron chi connectivity index (χ3n) is 4.90. The van der Waals surface area contributed by atoms with Crippen LogP contribution in [-0.4, -0.2) is 15.3 Å². The topological polar surface area (TPSA) is 46.4 Å². The molecule has 0 aliphatic carbocycles. The fourth-order valence-corrected chi connectivity index (χ4v) is 3.18. The lowest BCUT2D eigenvalue weighted by atomic mass is 10.1.